The summed E-state index contributed by atoms with van der Waals surface area (Å²) in [6.07, 6.45) is 0.932. The van der Waals surface area contributed by atoms with Crippen LogP contribution in [0.5, 0.6) is 11.6 Å². The Hall–Kier alpha value is -3.56. The van der Waals surface area contributed by atoms with E-state index in [1.165, 1.54) is 32.2 Å². The number of aromatic nitrogens is 2. The highest BCUT2D eigenvalue weighted by atomic mass is 31.2. The number of rotatable bonds is 13. The van der Waals surface area contributed by atoms with Gasteiger partial charge >= 0.3 is 13.7 Å². The molecule has 0 spiro atoms. The van der Waals surface area contributed by atoms with Crippen LogP contribution in [0.4, 0.5) is 20.4 Å². The van der Waals surface area contributed by atoms with Crippen molar-refractivity contribution in [2.45, 2.75) is 102 Å². The minimum atomic E-state index is -4.62. The van der Waals surface area contributed by atoms with E-state index in [0.29, 0.717) is 12.8 Å². The van der Waals surface area contributed by atoms with E-state index < -0.39 is 61.9 Å². The number of carbonyl (C=O) groups is 2. The number of nitrogens with zero attached hydrogens (tertiary/aromatic N) is 3. The molecule has 3 aliphatic rings. The Morgan fingerprint density at radius 3 is 2.56 bits per heavy atom. The summed E-state index contributed by atoms with van der Waals surface area (Å²) in [6, 6.07) is 6.57. The minimum Gasteiger partial charge on any atom is -0.476 e. The first kappa shape index (κ1) is 35.7. The van der Waals surface area contributed by atoms with E-state index in [2.05, 4.69) is 25.4 Å². The number of benzene rings is 1. The third kappa shape index (κ3) is 7.84. The highest BCUT2D eigenvalue weighted by Gasteiger charge is 2.66. The van der Waals surface area contributed by atoms with Gasteiger partial charge in [-0.3, -0.25) is 24.4 Å². The number of ether oxygens (including phenoxy) is 3. The van der Waals surface area contributed by atoms with Crippen LogP contribution in [0.1, 0.15) is 71.4 Å². The fourth-order valence-corrected chi connectivity index (χ4v) is 7.34. The summed E-state index contributed by atoms with van der Waals surface area (Å²) in [6.45, 7) is 4.25. The molecule has 3 unspecified atom stereocenters. The van der Waals surface area contributed by atoms with E-state index in [9.17, 15) is 19.3 Å². The summed E-state index contributed by atoms with van der Waals surface area (Å²) in [5.74, 6) is -5.76. The molecular weight excluding hydrogens is 655 g/mol. The van der Waals surface area contributed by atoms with Crippen molar-refractivity contribution >= 4 is 37.5 Å². The van der Waals surface area contributed by atoms with Gasteiger partial charge in [0.05, 0.1) is 18.2 Å². The molecule has 2 aromatic rings. The second-order valence-corrected chi connectivity index (χ2v) is 13.8. The lowest BCUT2D eigenvalue weighted by atomic mass is 9.85. The molecule has 5 rings (SSSR count). The van der Waals surface area contributed by atoms with Crippen molar-refractivity contribution in [2.24, 2.45) is 4.99 Å². The van der Waals surface area contributed by atoms with E-state index in [-0.39, 0.29) is 41.7 Å². The van der Waals surface area contributed by atoms with Gasteiger partial charge in [0.15, 0.2) is 6.17 Å². The van der Waals surface area contributed by atoms with E-state index in [1.807, 2.05) is 0 Å². The Bertz CT molecular complexity index is 1560. The molecule has 1 aromatic heterocycles. The number of fused-ring (bicyclic) bond motifs is 1. The first-order valence-corrected chi connectivity index (χ1v) is 17.4. The van der Waals surface area contributed by atoms with E-state index in [0.717, 1.165) is 26.2 Å². The van der Waals surface area contributed by atoms with E-state index in [1.54, 1.807) is 25.1 Å². The standard InChI is InChI=1S/C31H40F2N5O9P/c1-5-43-26-24-23(36-29(37-26)35-19(3)39)22(16-34-24)25-30(4,41)28(32)31(33,46-25)17-44-48(42,47-21-14-10-7-11-15-21)38-18(2)27(40)45-20-12-8-6-9-13-20/h7,10-11,14-16,18,20,22,25,28,41H,5-6,8-9,12-13,17H2,1-4H3,(H,38,42)(H,35,36,37,39)/t18?,22?,25-,28-,30-,31+,48?/m0/s1. The van der Waals surface area contributed by atoms with Crippen LogP contribution < -0.4 is 19.7 Å². The molecule has 0 bridgehead atoms. The summed E-state index contributed by atoms with van der Waals surface area (Å²) in [4.78, 5) is 37.3. The lowest BCUT2D eigenvalue weighted by molar-refractivity contribution is -0.178. The lowest BCUT2D eigenvalue weighted by Crippen LogP contribution is -2.48. The van der Waals surface area contributed by atoms with Gasteiger partial charge in [-0.2, -0.15) is 10.1 Å². The molecule has 14 nitrogen and oxygen atoms in total. The van der Waals surface area contributed by atoms with Gasteiger partial charge in [-0.05, 0) is 58.6 Å². The number of aliphatic imine (C=N–C) groups is 1. The summed E-state index contributed by atoms with van der Waals surface area (Å²) in [5, 5.41) is 16.2. The molecule has 1 saturated carbocycles. The zero-order valence-electron chi connectivity index (χ0n) is 27.1. The van der Waals surface area contributed by atoms with Crippen molar-refractivity contribution in [3.05, 3.63) is 36.0 Å². The largest absolute Gasteiger partial charge is 0.476 e. The molecule has 3 N–H and O–H groups in total. The predicted molar refractivity (Wildman–Crippen MR) is 169 cm³/mol. The normalized spacial score (nSPS) is 28.7. The fourth-order valence-electron chi connectivity index (χ4n) is 5.84. The van der Waals surface area contributed by atoms with Gasteiger partial charge < -0.3 is 23.8 Å². The number of carbonyl (C=O) groups excluding carboxylic acids is 2. The molecule has 3 heterocycles. The Kier molecular flexibility index (Phi) is 10.8. The number of aliphatic hydroxyl groups is 1. The van der Waals surface area contributed by atoms with E-state index >= 15 is 8.78 Å². The third-order valence-electron chi connectivity index (χ3n) is 8.18. The van der Waals surface area contributed by atoms with E-state index in [4.69, 9.17) is 23.3 Å². The van der Waals surface area contributed by atoms with Crippen molar-refractivity contribution in [1.82, 2.24) is 15.1 Å². The monoisotopic (exact) mass is 695 g/mol. The average molecular weight is 696 g/mol. The zero-order chi connectivity index (χ0) is 34.7. The van der Waals surface area contributed by atoms with Crippen molar-refractivity contribution in [1.29, 1.82) is 0 Å². The van der Waals surface area contributed by atoms with Crippen molar-refractivity contribution in [2.75, 3.05) is 18.5 Å². The third-order valence-corrected chi connectivity index (χ3v) is 9.81. The second kappa shape index (κ2) is 14.5. The molecule has 2 aliphatic heterocycles. The molecule has 48 heavy (non-hydrogen) atoms. The smallest absolute Gasteiger partial charge is 0.459 e. The molecule has 17 heteroatoms. The molecule has 7 atom stereocenters. The maximum Gasteiger partial charge on any atom is 0.459 e. The van der Waals surface area contributed by atoms with Crippen LogP contribution in [-0.2, 0) is 28.2 Å². The lowest BCUT2D eigenvalue weighted by Gasteiger charge is -2.28. The predicted octanol–water partition coefficient (Wildman–Crippen LogP) is 4.84. The van der Waals surface area contributed by atoms with Crippen LogP contribution in [-0.4, -0.2) is 82.3 Å². The van der Waals surface area contributed by atoms with Crippen molar-refractivity contribution in [3.8, 4) is 11.6 Å². The second-order valence-electron chi connectivity index (χ2n) is 12.1. The fraction of sp³-hybridized carbons (Fsp3) is 0.581. The van der Waals surface area contributed by atoms with Gasteiger partial charge in [-0.15, -0.1) is 0 Å². The number of alkyl halides is 2. The Balaban J connectivity index is 1.36. The summed E-state index contributed by atoms with van der Waals surface area (Å²) >= 11 is 0. The maximum atomic E-state index is 16.5. The average Bonchev–Trinajstić information content (AvgIpc) is 3.53. The first-order chi connectivity index (χ1) is 22.7. The SMILES string of the molecule is CCOc1nc(NC(C)=O)nc2c1N=CC2[C@@H]1O[C@](F)(COP(=O)(NC(C)C(=O)OC2CCCCC2)Oc2ccccc2)[C@@H](F)[C@@]1(C)O. The zero-order valence-corrected chi connectivity index (χ0v) is 28.0. The molecule has 1 amide bonds. The number of nitrogens with one attached hydrogen (secondary N) is 2. The molecule has 1 saturated heterocycles. The maximum absolute atomic E-state index is 16.5. The Morgan fingerprint density at radius 2 is 1.90 bits per heavy atom. The van der Waals surface area contributed by atoms with Crippen molar-refractivity contribution < 1.29 is 51.3 Å². The minimum absolute atomic E-state index is 0.00971. The summed E-state index contributed by atoms with van der Waals surface area (Å²) < 4.78 is 74.1. The van der Waals surface area contributed by atoms with Crippen LogP contribution in [0, 0.1) is 0 Å². The number of esters is 1. The molecule has 0 radical (unpaired) electrons. The topological polar surface area (TPSA) is 180 Å². The number of hydrogen-bond donors (Lipinski definition) is 3. The summed E-state index contributed by atoms with van der Waals surface area (Å²) in [5.41, 5.74) is -2.27. The van der Waals surface area contributed by atoms with Gasteiger partial charge in [0.25, 0.3) is 5.85 Å². The number of anilines is 1. The summed E-state index contributed by atoms with van der Waals surface area (Å²) in [7, 11) is -4.62. The molecule has 1 aliphatic carbocycles. The number of amides is 1. The van der Waals surface area contributed by atoms with Crippen molar-refractivity contribution in [3.63, 3.8) is 0 Å². The molecule has 1 aromatic carbocycles. The number of para-hydroxylation sites is 1. The molecule has 262 valence electrons. The van der Waals surface area contributed by atoms with Gasteiger partial charge in [0.1, 0.15) is 41.9 Å². The van der Waals surface area contributed by atoms with Crippen LogP contribution in [0.15, 0.2) is 35.3 Å². The quantitative estimate of drug-likeness (QED) is 0.192. The first-order valence-electron chi connectivity index (χ1n) is 15.8. The highest BCUT2D eigenvalue weighted by molar-refractivity contribution is 7.52. The molecular formula is C31H40F2N5O9P. The number of halogens is 2. The van der Waals surface area contributed by atoms with Crippen LogP contribution in [0.2, 0.25) is 0 Å². The van der Waals surface area contributed by atoms with Gasteiger partial charge in [-0.1, -0.05) is 24.6 Å². The van der Waals surface area contributed by atoms with Gasteiger partial charge in [-0.25, -0.2) is 18.3 Å². The molecule has 2 fully saturated rings. The Labute approximate surface area is 276 Å². The van der Waals surface area contributed by atoms with Crippen LogP contribution in [0.3, 0.4) is 0 Å². The van der Waals surface area contributed by atoms with Gasteiger partial charge in [0, 0.05) is 13.1 Å². The highest BCUT2D eigenvalue weighted by Crippen LogP contribution is 2.53. The van der Waals surface area contributed by atoms with Crippen LogP contribution in [0.25, 0.3) is 0 Å². The van der Waals surface area contributed by atoms with Gasteiger partial charge in [0.2, 0.25) is 17.7 Å². The number of hydrogen-bond acceptors (Lipinski definition) is 12. The van der Waals surface area contributed by atoms with Crippen LogP contribution >= 0.6 is 7.75 Å². The Morgan fingerprint density at radius 1 is 1.19 bits per heavy atom.